The van der Waals surface area contributed by atoms with Crippen molar-refractivity contribution in [2.24, 2.45) is 0 Å². The number of rotatable bonds is 8. The summed E-state index contributed by atoms with van der Waals surface area (Å²) in [6.45, 7) is 0.874. The first-order valence-electron chi connectivity index (χ1n) is 10.4. The van der Waals surface area contributed by atoms with E-state index in [4.69, 9.17) is 23.2 Å². The van der Waals surface area contributed by atoms with Crippen LogP contribution in [-0.2, 0) is 6.54 Å². The Bertz CT molecular complexity index is 1190. The molecule has 1 fully saturated rings. The van der Waals surface area contributed by atoms with E-state index in [0.29, 0.717) is 5.92 Å². The van der Waals surface area contributed by atoms with Crippen molar-refractivity contribution in [3.63, 3.8) is 0 Å². The summed E-state index contributed by atoms with van der Waals surface area (Å²) in [7, 11) is 4.09. The highest BCUT2D eigenvalue weighted by atomic mass is 35.5. The first kappa shape index (κ1) is 23.8. The van der Waals surface area contributed by atoms with Gasteiger partial charge in [-0.15, -0.1) is 0 Å². The number of nitrogens with one attached hydrogen (secondary N) is 2. The lowest BCUT2D eigenvalue weighted by atomic mass is 10.0. The first-order valence-corrected chi connectivity index (χ1v) is 12.0. The maximum absolute atomic E-state index is 14.1. The molecule has 1 aromatic heterocycles. The molecule has 1 heterocycles. The largest absolute Gasteiger partial charge is 0.312 e. The highest BCUT2D eigenvalue weighted by Crippen LogP contribution is 2.44. The van der Waals surface area contributed by atoms with E-state index in [1.165, 1.54) is 36.1 Å². The minimum Gasteiger partial charge on any atom is -0.312 e. The van der Waals surface area contributed by atoms with Gasteiger partial charge in [0.2, 0.25) is 0 Å². The molecular weight excluding hydrogens is 482 g/mol. The monoisotopic (exact) mass is 504 g/mol. The van der Waals surface area contributed by atoms with Crippen molar-refractivity contribution in [3.05, 3.63) is 81.2 Å². The molecule has 0 saturated heterocycles. The van der Waals surface area contributed by atoms with Gasteiger partial charge in [-0.2, -0.15) is 0 Å². The van der Waals surface area contributed by atoms with Crippen molar-refractivity contribution >= 4 is 46.9 Å². The third kappa shape index (κ3) is 5.79. The van der Waals surface area contributed by atoms with Gasteiger partial charge in [-0.25, -0.2) is 9.37 Å². The van der Waals surface area contributed by atoms with Gasteiger partial charge in [0.25, 0.3) is 5.91 Å². The van der Waals surface area contributed by atoms with Crippen LogP contribution in [0.25, 0.3) is 11.3 Å². The highest BCUT2D eigenvalue weighted by Gasteiger charge is 2.26. The fourth-order valence-electron chi connectivity index (χ4n) is 3.55. The standard InChI is InChI=1S/C24H23Cl2FN4OS/c1-31(2)13-14-7-10-21(17(11-14)15-8-9-15)29-33-30-24(32)18-12-19(25)22(28-23(18)26)16-5-3-4-6-20(16)27/h3-7,10-12,15,29H,8-9,13H2,1-2H3,(H,30,32). The molecule has 1 aliphatic rings. The van der Waals surface area contributed by atoms with Gasteiger partial charge in [0.15, 0.2) is 0 Å². The molecule has 0 spiro atoms. The predicted octanol–water partition coefficient (Wildman–Crippen LogP) is 6.54. The SMILES string of the molecule is CN(C)Cc1ccc(NSNC(=O)c2cc(Cl)c(-c3ccccc3F)nc2Cl)c(C2CC2)c1. The van der Waals surface area contributed by atoms with E-state index in [2.05, 4.69) is 31.5 Å². The average Bonchev–Trinajstić information content (AvgIpc) is 3.61. The second-order valence-corrected chi connectivity index (χ2v) is 9.58. The van der Waals surface area contributed by atoms with Crippen LogP contribution in [0.4, 0.5) is 10.1 Å². The van der Waals surface area contributed by atoms with E-state index in [1.54, 1.807) is 18.2 Å². The molecule has 2 aromatic carbocycles. The summed E-state index contributed by atoms with van der Waals surface area (Å²) in [5.41, 5.74) is 4.01. The van der Waals surface area contributed by atoms with E-state index in [1.807, 2.05) is 20.2 Å². The molecule has 1 aliphatic carbocycles. The van der Waals surface area contributed by atoms with E-state index in [0.717, 1.165) is 24.4 Å². The van der Waals surface area contributed by atoms with E-state index < -0.39 is 11.7 Å². The number of aromatic nitrogens is 1. The van der Waals surface area contributed by atoms with Crippen molar-refractivity contribution in [1.29, 1.82) is 0 Å². The van der Waals surface area contributed by atoms with Crippen LogP contribution >= 0.6 is 35.3 Å². The molecule has 5 nitrogen and oxygen atoms in total. The van der Waals surface area contributed by atoms with Crippen LogP contribution in [0.3, 0.4) is 0 Å². The zero-order valence-electron chi connectivity index (χ0n) is 18.2. The summed E-state index contributed by atoms with van der Waals surface area (Å²) < 4.78 is 20.1. The molecule has 3 aromatic rings. The Morgan fingerprint density at radius 1 is 1.18 bits per heavy atom. The first-order chi connectivity index (χ1) is 15.8. The number of hydrogen-bond donors (Lipinski definition) is 2. The third-order valence-electron chi connectivity index (χ3n) is 5.24. The molecule has 9 heteroatoms. The summed E-state index contributed by atoms with van der Waals surface area (Å²) in [6.07, 6.45) is 2.34. The van der Waals surface area contributed by atoms with Crippen LogP contribution in [0.2, 0.25) is 10.2 Å². The van der Waals surface area contributed by atoms with E-state index in [9.17, 15) is 9.18 Å². The summed E-state index contributed by atoms with van der Waals surface area (Å²) >= 11 is 13.6. The number of anilines is 1. The number of amides is 1. The number of hydrogen-bond acceptors (Lipinski definition) is 5. The molecule has 0 atom stereocenters. The molecule has 33 heavy (non-hydrogen) atoms. The van der Waals surface area contributed by atoms with Crippen LogP contribution in [0.15, 0.2) is 48.5 Å². The number of carbonyl (C=O) groups excluding carboxylic acids is 1. The summed E-state index contributed by atoms with van der Waals surface area (Å²) in [5, 5.41) is 0.0857. The molecule has 0 radical (unpaired) electrons. The molecule has 2 N–H and O–H groups in total. The topological polar surface area (TPSA) is 57.3 Å². The van der Waals surface area contributed by atoms with E-state index in [-0.39, 0.29) is 27.0 Å². The van der Waals surface area contributed by atoms with Crippen LogP contribution in [0.1, 0.15) is 40.2 Å². The van der Waals surface area contributed by atoms with Crippen LogP contribution in [0, 0.1) is 5.82 Å². The molecule has 4 rings (SSSR count). The predicted molar refractivity (Wildman–Crippen MR) is 134 cm³/mol. The molecule has 0 unspecified atom stereocenters. The fourth-order valence-corrected chi connectivity index (χ4v) is 4.58. The highest BCUT2D eigenvalue weighted by molar-refractivity contribution is 7.99. The van der Waals surface area contributed by atoms with Gasteiger partial charge in [-0.05, 0) is 68.2 Å². The summed E-state index contributed by atoms with van der Waals surface area (Å²) in [6, 6.07) is 13.9. The molecule has 172 valence electrons. The summed E-state index contributed by atoms with van der Waals surface area (Å²) in [4.78, 5) is 19.0. The number of nitrogens with zero attached hydrogens (tertiary/aromatic N) is 2. The summed E-state index contributed by atoms with van der Waals surface area (Å²) in [5.74, 6) is -0.374. The molecule has 0 bridgehead atoms. The Balaban J connectivity index is 1.44. The van der Waals surface area contributed by atoms with Crippen molar-refractivity contribution in [2.75, 3.05) is 18.8 Å². The third-order valence-corrected chi connectivity index (χ3v) is 6.43. The zero-order valence-corrected chi connectivity index (χ0v) is 20.5. The Hall–Kier alpha value is -2.32. The number of benzene rings is 2. The quantitative estimate of drug-likeness (QED) is 0.269. The lowest BCUT2D eigenvalue weighted by molar-refractivity contribution is 0.0984. The zero-order chi connectivity index (χ0) is 23.5. The molecule has 1 saturated carbocycles. The molecular formula is C24H23Cl2FN4OS. The van der Waals surface area contributed by atoms with Crippen molar-refractivity contribution in [2.45, 2.75) is 25.3 Å². The van der Waals surface area contributed by atoms with Crippen LogP contribution in [-0.4, -0.2) is 29.9 Å². The van der Waals surface area contributed by atoms with Crippen molar-refractivity contribution in [1.82, 2.24) is 14.6 Å². The lowest BCUT2D eigenvalue weighted by Crippen LogP contribution is -2.19. The van der Waals surface area contributed by atoms with Gasteiger partial charge in [-0.1, -0.05) is 47.5 Å². The number of pyridine rings is 1. The minimum absolute atomic E-state index is 0.0533. The normalized spacial score (nSPS) is 13.3. The van der Waals surface area contributed by atoms with Gasteiger partial charge < -0.3 is 9.62 Å². The maximum atomic E-state index is 14.1. The smallest absolute Gasteiger partial charge is 0.265 e. The number of halogens is 3. The average molecular weight is 505 g/mol. The Morgan fingerprint density at radius 2 is 1.94 bits per heavy atom. The maximum Gasteiger partial charge on any atom is 0.265 e. The molecule has 1 amide bonds. The number of carbonyl (C=O) groups is 1. The van der Waals surface area contributed by atoms with Gasteiger partial charge in [0.05, 0.1) is 28.4 Å². The lowest BCUT2D eigenvalue weighted by Gasteiger charge is -2.15. The van der Waals surface area contributed by atoms with Crippen LogP contribution in [0.5, 0.6) is 0 Å². The Morgan fingerprint density at radius 3 is 2.64 bits per heavy atom. The van der Waals surface area contributed by atoms with Gasteiger partial charge >= 0.3 is 0 Å². The fraction of sp³-hybridized carbons (Fsp3) is 0.250. The van der Waals surface area contributed by atoms with Crippen molar-refractivity contribution in [3.8, 4) is 11.3 Å². The second kappa shape index (κ2) is 10.3. The van der Waals surface area contributed by atoms with Gasteiger partial charge in [0.1, 0.15) is 11.0 Å². The second-order valence-electron chi connectivity index (χ2n) is 8.21. The van der Waals surface area contributed by atoms with Crippen molar-refractivity contribution < 1.29 is 9.18 Å². The van der Waals surface area contributed by atoms with Gasteiger partial charge in [-0.3, -0.25) is 9.52 Å². The van der Waals surface area contributed by atoms with Gasteiger partial charge in [0, 0.05) is 17.8 Å². The molecule has 0 aliphatic heterocycles. The van der Waals surface area contributed by atoms with E-state index >= 15 is 0 Å². The van der Waals surface area contributed by atoms with Crippen LogP contribution < -0.4 is 9.44 Å². The Kier molecular flexibility index (Phi) is 7.44. The minimum atomic E-state index is -0.469. The Labute approximate surface area is 207 Å².